The summed E-state index contributed by atoms with van der Waals surface area (Å²) in [5, 5.41) is 11.5. The van der Waals surface area contributed by atoms with Crippen LogP contribution in [-0.2, 0) is 30.2 Å². The van der Waals surface area contributed by atoms with E-state index in [9.17, 15) is 19.7 Å². The van der Waals surface area contributed by atoms with Gasteiger partial charge in [0.05, 0.1) is 23.4 Å². The first-order chi connectivity index (χ1) is 20.9. The lowest BCUT2D eigenvalue weighted by atomic mass is 10.2. The summed E-state index contributed by atoms with van der Waals surface area (Å²) in [6.07, 6.45) is -0.322. The van der Waals surface area contributed by atoms with Gasteiger partial charge in [0.15, 0.2) is 5.65 Å². The van der Waals surface area contributed by atoms with E-state index >= 15 is 0 Å². The van der Waals surface area contributed by atoms with Gasteiger partial charge in [0.1, 0.15) is 41.1 Å². The number of nitrogen functional groups attached to an aromatic ring is 1. The number of carbonyl (C=O) groups is 2. The topological polar surface area (TPSA) is 193 Å². The molecule has 1 aliphatic rings. The van der Waals surface area contributed by atoms with Crippen molar-refractivity contribution in [3.05, 3.63) is 40.7 Å². The number of nitro benzene ring substituents is 1. The van der Waals surface area contributed by atoms with Crippen LogP contribution < -0.4 is 5.73 Å². The summed E-state index contributed by atoms with van der Waals surface area (Å²) >= 11 is 1.25. The number of ether oxygens (including phenoxy) is 5. The number of non-ortho nitro benzene ring substituents is 1. The van der Waals surface area contributed by atoms with E-state index in [1.54, 1.807) is 64.6 Å². The maximum Gasteiger partial charge on any atom is 0.508 e. The van der Waals surface area contributed by atoms with Crippen LogP contribution in [0.1, 0.15) is 54.9 Å². The first kappa shape index (κ1) is 33.7. The van der Waals surface area contributed by atoms with E-state index in [1.165, 1.54) is 23.9 Å². The van der Waals surface area contributed by atoms with Crippen molar-refractivity contribution in [2.24, 2.45) is 5.92 Å². The molecule has 244 valence electrons. The van der Waals surface area contributed by atoms with E-state index in [2.05, 4.69) is 15.0 Å². The first-order valence-corrected chi connectivity index (χ1v) is 15.0. The number of nitrogens with zero attached hydrogens (tertiary/aromatic N) is 5. The molecule has 4 rings (SSSR count). The average molecular weight is 647 g/mol. The Kier molecular flexibility index (Phi) is 9.77. The van der Waals surface area contributed by atoms with Crippen LogP contribution in [0.2, 0.25) is 0 Å². The molecule has 0 bridgehead atoms. The van der Waals surface area contributed by atoms with Gasteiger partial charge in [-0.05, 0) is 66.0 Å². The molecular formula is C29H38N6O9S. The minimum Gasteiger partial charge on any atom is -0.431 e. The Morgan fingerprint density at radius 2 is 1.62 bits per heavy atom. The minimum atomic E-state index is -0.878. The molecule has 1 saturated carbocycles. The average Bonchev–Trinajstić information content (AvgIpc) is 3.35. The monoisotopic (exact) mass is 646 g/mol. The normalized spacial score (nSPS) is 18.1. The summed E-state index contributed by atoms with van der Waals surface area (Å²) in [7, 11) is 0. The number of fused-ring (bicyclic) bond motifs is 1. The van der Waals surface area contributed by atoms with Crippen molar-refractivity contribution in [2.75, 3.05) is 18.9 Å². The summed E-state index contributed by atoms with van der Waals surface area (Å²) in [5.74, 6) is 0.121. The molecule has 2 atom stereocenters. The molecule has 45 heavy (non-hydrogen) atoms. The van der Waals surface area contributed by atoms with E-state index in [0.717, 1.165) is 0 Å². The summed E-state index contributed by atoms with van der Waals surface area (Å²) < 4.78 is 29.4. The Hall–Kier alpha value is -4.18. The number of aromatic nitrogens is 4. The lowest BCUT2D eigenvalue weighted by Crippen LogP contribution is -2.37. The third kappa shape index (κ3) is 9.41. The first-order valence-electron chi connectivity index (χ1n) is 14.2. The third-order valence-electron chi connectivity index (χ3n) is 6.49. The molecule has 3 aromatic rings. The highest BCUT2D eigenvalue weighted by Crippen LogP contribution is 2.49. The molecular weight excluding hydrogens is 608 g/mol. The molecule has 1 fully saturated rings. The van der Waals surface area contributed by atoms with Gasteiger partial charge >= 0.3 is 12.3 Å². The fourth-order valence-corrected chi connectivity index (χ4v) is 5.24. The molecule has 2 unspecified atom stereocenters. The van der Waals surface area contributed by atoms with Gasteiger partial charge in [-0.3, -0.25) is 10.1 Å². The van der Waals surface area contributed by atoms with E-state index in [0.29, 0.717) is 34.1 Å². The predicted molar refractivity (Wildman–Crippen MR) is 163 cm³/mol. The number of anilines is 1. The standard InChI is InChI=1S/C29H38N6O9S/c1-17-12-29(17,42-19(13-40-25(36)43-27(2,3)4)14-41-26(37)44-28(5,6)7)15-34-16-31-21-22(34)32-24(30)33-23(21)45-20-10-8-18(9-11-20)35(38)39/h8-11,16-17,19H,12-15H2,1-7H3,(H2,30,32,33). The van der Waals surface area contributed by atoms with E-state index in [-0.39, 0.29) is 30.8 Å². The van der Waals surface area contributed by atoms with Crippen molar-refractivity contribution in [1.82, 2.24) is 19.5 Å². The molecule has 1 aliphatic carbocycles. The van der Waals surface area contributed by atoms with Gasteiger partial charge in [-0.25, -0.2) is 19.6 Å². The number of hydrogen-bond acceptors (Lipinski definition) is 14. The van der Waals surface area contributed by atoms with Crippen LogP contribution in [-0.4, -0.2) is 72.9 Å². The molecule has 2 aromatic heterocycles. The predicted octanol–water partition coefficient (Wildman–Crippen LogP) is 5.54. The lowest BCUT2D eigenvalue weighted by Gasteiger charge is -2.27. The highest BCUT2D eigenvalue weighted by Gasteiger charge is 2.54. The van der Waals surface area contributed by atoms with Crippen LogP contribution in [0.4, 0.5) is 21.2 Å². The second-order valence-corrected chi connectivity index (χ2v) is 13.8. The van der Waals surface area contributed by atoms with Crippen molar-refractivity contribution < 1.29 is 38.2 Å². The maximum absolute atomic E-state index is 12.3. The Labute approximate surface area is 264 Å². The zero-order chi connectivity index (χ0) is 33.2. The molecule has 0 amide bonds. The van der Waals surface area contributed by atoms with Crippen molar-refractivity contribution in [1.29, 1.82) is 0 Å². The Balaban J connectivity index is 1.52. The van der Waals surface area contributed by atoms with Crippen LogP contribution in [0, 0.1) is 16.0 Å². The molecule has 0 radical (unpaired) electrons. The van der Waals surface area contributed by atoms with Gasteiger partial charge in [0, 0.05) is 17.0 Å². The zero-order valence-corrected chi connectivity index (χ0v) is 27.1. The smallest absolute Gasteiger partial charge is 0.431 e. The number of benzene rings is 1. The van der Waals surface area contributed by atoms with Gasteiger partial charge in [-0.15, -0.1) is 0 Å². The molecule has 1 aromatic carbocycles. The fraction of sp³-hybridized carbons (Fsp3) is 0.552. The van der Waals surface area contributed by atoms with Crippen LogP contribution in [0.25, 0.3) is 11.2 Å². The number of carbonyl (C=O) groups excluding carboxylic acids is 2. The number of hydrogen-bond donors (Lipinski definition) is 1. The van der Waals surface area contributed by atoms with Crippen molar-refractivity contribution in [3.63, 3.8) is 0 Å². The van der Waals surface area contributed by atoms with E-state index < -0.39 is 40.1 Å². The van der Waals surface area contributed by atoms with Crippen LogP contribution >= 0.6 is 11.8 Å². The maximum atomic E-state index is 12.3. The zero-order valence-electron chi connectivity index (χ0n) is 26.3. The van der Waals surface area contributed by atoms with Crippen molar-refractivity contribution in [2.45, 2.75) is 94.3 Å². The summed E-state index contributed by atoms with van der Waals surface area (Å²) in [6.45, 7) is 12.2. The highest BCUT2D eigenvalue weighted by atomic mass is 32.2. The minimum absolute atomic E-state index is 0.0221. The SMILES string of the molecule is CC1CC1(Cn1cnc2c(Sc3ccc([N+](=O)[O-])cc3)nc(N)nc21)OC(COC(=O)OC(C)(C)C)COC(=O)OC(C)(C)C. The molecule has 0 aliphatic heterocycles. The molecule has 0 spiro atoms. The number of rotatable bonds is 11. The van der Waals surface area contributed by atoms with Crippen molar-refractivity contribution >= 4 is 46.9 Å². The molecule has 16 heteroatoms. The summed E-state index contributed by atoms with van der Waals surface area (Å²) in [6, 6.07) is 6.07. The van der Waals surface area contributed by atoms with Gasteiger partial charge < -0.3 is 34.0 Å². The number of imidazole rings is 1. The largest absolute Gasteiger partial charge is 0.508 e. The number of nitro groups is 1. The second-order valence-electron chi connectivity index (χ2n) is 12.7. The molecule has 2 heterocycles. The fourth-order valence-electron chi connectivity index (χ4n) is 4.37. The van der Waals surface area contributed by atoms with Crippen LogP contribution in [0.3, 0.4) is 0 Å². The quantitative estimate of drug-likeness (QED) is 0.118. The Morgan fingerprint density at radius 1 is 1.07 bits per heavy atom. The molecule has 0 saturated heterocycles. The summed E-state index contributed by atoms with van der Waals surface area (Å²) in [4.78, 5) is 49.1. The van der Waals surface area contributed by atoms with Crippen LogP contribution in [0.15, 0.2) is 40.5 Å². The van der Waals surface area contributed by atoms with Gasteiger partial charge in [0.25, 0.3) is 5.69 Å². The number of nitrogens with two attached hydrogens (primary N) is 1. The lowest BCUT2D eigenvalue weighted by molar-refractivity contribution is -0.384. The Morgan fingerprint density at radius 3 is 2.11 bits per heavy atom. The highest BCUT2D eigenvalue weighted by molar-refractivity contribution is 7.99. The van der Waals surface area contributed by atoms with Gasteiger partial charge in [0.2, 0.25) is 5.95 Å². The van der Waals surface area contributed by atoms with Gasteiger partial charge in [-0.2, -0.15) is 4.98 Å². The van der Waals surface area contributed by atoms with Crippen LogP contribution in [0.5, 0.6) is 0 Å². The summed E-state index contributed by atoms with van der Waals surface area (Å²) in [5.41, 5.74) is 4.77. The second kappa shape index (κ2) is 13.0. The van der Waals surface area contributed by atoms with Crippen molar-refractivity contribution in [3.8, 4) is 0 Å². The van der Waals surface area contributed by atoms with E-state index in [1.807, 2.05) is 6.92 Å². The van der Waals surface area contributed by atoms with Gasteiger partial charge in [-0.1, -0.05) is 18.7 Å². The third-order valence-corrected chi connectivity index (χ3v) is 7.48. The van der Waals surface area contributed by atoms with E-state index in [4.69, 9.17) is 29.4 Å². The molecule has 15 nitrogen and oxygen atoms in total. The molecule has 2 N–H and O–H groups in total. The Bertz CT molecular complexity index is 1520.